The molecule has 0 bridgehead atoms. The Morgan fingerprint density at radius 2 is 2.20 bits per heavy atom. The predicted octanol–water partition coefficient (Wildman–Crippen LogP) is 1.32. The molecular weight excluding hydrogens is 340 g/mol. The Morgan fingerprint density at radius 1 is 1.44 bits per heavy atom. The van der Waals surface area contributed by atoms with Gasteiger partial charge in [-0.25, -0.2) is 4.98 Å². The molecule has 3 N–H and O–H groups in total. The Kier molecular flexibility index (Phi) is 5.50. The second kappa shape index (κ2) is 7.79. The molecule has 0 saturated carbocycles. The number of nitrogens with one attached hydrogen (secondary N) is 1. The summed E-state index contributed by atoms with van der Waals surface area (Å²) >= 11 is 1.56. The molecule has 0 atom stereocenters. The minimum atomic E-state index is -0.314. The van der Waals surface area contributed by atoms with Crippen LogP contribution >= 0.6 is 11.3 Å². The first-order valence-electron chi connectivity index (χ1n) is 8.31. The van der Waals surface area contributed by atoms with Gasteiger partial charge in [0.1, 0.15) is 5.76 Å². The number of carbonyl (C=O) groups is 2. The van der Waals surface area contributed by atoms with Gasteiger partial charge < -0.3 is 15.5 Å². The number of hydrogen-bond donors (Lipinski definition) is 2. The lowest BCUT2D eigenvalue weighted by atomic mass is 10.0. The zero-order valence-corrected chi connectivity index (χ0v) is 15.0. The average Bonchev–Trinajstić information content (AvgIpc) is 3.19. The van der Waals surface area contributed by atoms with Crippen molar-refractivity contribution >= 4 is 23.2 Å². The Labute approximate surface area is 150 Å². The fraction of sp³-hybridized carbons (Fsp3) is 0.471. The number of likely N-dealkylation sites (tertiary alicyclic amines) is 1. The summed E-state index contributed by atoms with van der Waals surface area (Å²) in [6.45, 7) is 3.64. The maximum absolute atomic E-state index is 12.3. The molecule has 2 aromatic heterocycles. The third-order valence-corrected chi connectivity index (χ3v) is 5.14. The van der Waals surface area contributed by atoms with Gasteiger partial charge in [0.05, 0.1) is 23.5 Å². The van der Waals surface area contributed by atoms with E-state index in [-0.39, 0.29) is 30.8 Å². The van der Waals surface area contributed by atoms with Gasteiger partial charge in [0, 0.05) is 19.1 Å². The van der Waals surface area contributed by atoms with Crippen LogP contribution in [0.1, 0.15) is 24.3 Å². The molecule has 1 saturated heterocycles. The van der Waals surface area contributed by atoms with Crippen molar-refractivity contribution < 1.29 is 14.0 Å². The van der Waals surface area contributed by atoms with Gasteiger partial charge in [-0.1, -0.05) is 6.07 Å². The van der Waals surface area contributed by atoms with Crippen molar-refractivity contribution in [1.82, 2.24) is 15.2 Å². The van der Waals surface area contributed by atoms with Crippen LogP contribution in [0.4, 0.5) is 0 Å². The Morgan fingerprint density at radius 3 is 2.84 bits per heavy atom. The summed E-state index contributed by atoms with van der Waals surface area (Å²) in [5, 5.41) is 5.02. The molecule has 1 aliphatic heterocycles. The van der Waals surface area contributed by atoms with E-state index in [0.29, 0.717) is 17.3 Å². The maximum atomic E-state index is 12.3. The number of hydrogen-bond acceptors (Lipinski definition) is 6. The third kappa shape index (κ3) is 4.67. The van der Waals surface area contributed by atoms with Crippen molar-refractivity contribution in [2.45, 2.75) is 32.2 Å². The highest BCUT2D eigenvalue weighted by Crippen LogP contribution is 2.26. The van der Waals surface area contributed by atoms with Crippen LogP contribution in [0.5, 0.6) is 0 Å². The largest absolute Gasteiger partial charge is 0.440 e. The van der Waals surface area contributed by atoms with Gasteiger partial charge in [-0.15, -0.1) is 11.3 Å². The number of aromatic nitrogens is 1. The summed E-state index contributed by atoms with van der Waals surface area (Å²) in [6, 6.07) is 4.01. The number of nitrogens with zero attached hydrogens (tertiary/aromatic N) is 2. The van der Waals surface area contributed by atoms with Crippen LogP contribution in [-0.2, 0) is 16.0 Å². The van der Waals surface area contributed by atoms with E-state index in [4.69, 9.17) is 10.2 Å². The molecule has 0 spiro atoms. The van der Waals surface area contributed by atoms with E-state index in [9.17, 15) is 9.59 Å². The highest BCUT2D eigenvalue weighted by atomic mass is 32.1. The van der Waals surface area contributed by atoms with Crippen LogP contribution < -0.4 is 11.1 Å². The lowest BCUT2D eigenvalue weighted by molar-refractivity contribution is -0.122. The van der Waals surface area contributed by atoms with Crippen LogP contribution in [0.2, 0.25) is 0 Å². The van der Waals surface area contributed by atoms with E-state index in [1.807, 2.05) is 29.3 Å². The van der Waals surface area contributed by atoms with Gasteiger partial charge in [-0.2, -0.15) is 0 Å². The summed E-state index contributed by atoms with van der Waals surface area (Å²) in [4.78, 5) is 30.7. The molecule has 0 radical (unpaired) electrons. The van der Waals surface area contributed by atoms with E-state index in [0.717, 1.165) is 30.8 Å². The first-order chi connectivity index (χ1) is 12.0. The van der Waals surface area contributed by atoms with Gasteiger partial charge in [-0.3, -0.25) is 14.5 Å². The summed E-state index contributed by atoms with van der Waals surface area (Å²) in [7, 11) is 0. The molecule has 3 rings (SSSR count). The van der Waals surface area contributed by atoms with Gasteiger partial charge in [-0.05, 0) is 31.2 Å². The number of thiophene rings is 1. The zero-order chi connectivity index (χ0) is 17.8. The Bertz CT molecular complexity index is 733. The molecule has 134 valence electrons. The monoisotopic (exact) mass is 362 g/mol. The maximum Gasteiger partial charge on any atom is 0.236 e. The van der Waals surface area contributed by atoms with Crippen LogP contribution in [0.3, 0.4) is 0 Å². The van der Waals surface area contributed by atoms with E-state index >= 15 is 0 Å². The average molecular weight is 362 g/mol. The van der Waals surface area contributed by atoms with Crippen molar-refractivity contribution in [1.29, 1.82) is 0 Å². The topological polar surface area (TPSA) is 101 Å². The molecule has 2 amide bonds. The molecule has 25 heavy (non-hydrogen) atoms. The molecule has 2 aromatic rings. The molecule has 0 aromatic carbocycles. The summed E-state index contributed by atoms with van der Waals surface area (Å²) in [5.74, 6) is 0.873. The predicted molar refractivity (Wildman–Crippen MR) is 95.1 cm³/mol. The highest BCUT2D eigenvalue weighted by molar-refractivity contribution is 7.13. The summed E-state index contributed by atoms with van der Waals surface area (Å²) in [5.41, 5.74) is 5.88. The fourth-order valence-electron chi connectivity index (χ4n) is 2.98. The second-order valence-electron chi connectivity index (χ2n) is 6.26. The molecular formula is C17H22N4O3S. The van der Waals surface area contributed by atoms with Gasteiger partial charge in [0.25, 0.3) is 0 Å². The number of piperidine rings is 1. The number of oxazole rings is 1. The van der Waals surface area contributed by atoms with Crippen LogP contribution in [0.15, 0.2) is 21.9 Å². The standard InChI is InChI=1S/C17H22N4O3S/c1-11-13(20-17(24-11)14-3-2-8-25-14)9-16(23)19-12-4-6-21(7-5-12)10-15(18)22/h2-3,8,12H,4-7,9-10H2,1H3,(H2,18,22)(H,19,23). The van der Waals surface area contributed by atoms with E-state index in [1.165, 1.54) is 0 Å². The van der Waals surface area contributed by atoms with Crippen molar-refractivity contribution in [2.75, 3.05) is 19.6 Å². The highest BCUT2D eigenvalue weighted by Gasteiger charge is 2.22. The van der Waals surface area contributed by atoms with Crippen molar-refractivity contribution in [3.05, 3.63) is 29.0 Å². The van der Waals surface area contributed by atoms with Crippen molar-refractivity contribution in [2.24, 2.45) is 5.73 Å². The molecule has 7 nitrogen and oxygen atoms in total. The quantitative estimate of drug-likeness (QED) is 0.807. The Balaban J connectivity index is 1.51. The van der Waals surface area contributed by atoms with Crippen molar-refractivity contribution in [3.63, 3.8) is 0 Å². The number of nitrogens with two attached hydrogens (primary N) is 1. The van der Waals surface area contributed by atoms with Gasteiger partial charge >= 0.3 is 0 Å². The lowest BCUT2D eigenvalue weighted by Gasteiger charge is -2.31. The lowest BCUT2D eigenvalue weighted by Crippen LogP contribution is -2.47. The normalized spacial score (nSPS) is 16.0. The molecule has 1 fully saturated rings. The first-order valence-corrected chi connectivity index (χ1v) is 9.19. The van der Waals surface area contributed by atoms with Crippen LogP contribution in [0, 0.1) is 6.92 Å². The zero-order valence-electron chi connectivity index (χ0n) is 14.2. The van der Waals surface area contributed by atoms with E-state index in [2.05, 4.69) is 10.3 Å². The number of primary amides is 1. The number of amides is 2. The summed E-state index contributed by atoms with van der Waals surface area (Å²) < 4.78 is 5.67. The van der Waals surface area contributed by atoms with Crippen molar-refractivity contribution in [3.8, 4) is 10.8 Å². The SMILES string of the molecule is Cc1oc(-c2cccs2)nc1CC(=O)NC1CCN(CC(N)=O)CC1. The van der Waals surface area contributed by atoms with Crippen LogP contribution in [-0.4, -0.2) is 47.4 Å². The molecule has 0 aliphatic carbocycles. The van der Waals surface area contributed by atoms with Crippen LogP contribution in [0.25, 0.3) is 10.8 Å². The number of rotatable bonds is 6. The minimum absolute atomic E-state index is 0.0533. The minimum Gasteiger partial charge on any atom is -0.440 e. The first kappa shape index (κ1) is 17.6. The molecule has 3 heterocycles. The number of carbonyl (C=O) groups excluding carboxylic acids is 2. The van der Waals surface area contributed by atoms with Gasteiger partial charge in [0.15, 0.2) is 0 Å². The Hall–Kier alpha value is -2.19. The number of aryl methyl sites for hydroxylation is 1. The summed E-state index contributed by atoms with van der Waals surface area (Å²) in [6.07, 6.45) is 1.84. The molecule has 1 aliphatic rings. The van der Waals surface area contributed by atoms with E-state index < -0.39 is 0 Å². The second-order valence-corrected chi connectivity index (χ2v) is 7.21. The third-order valence-electron chi connectivity index (χ3n) is 4.28. The van der Waals surface area contributed by atoms with E-state index in [1.54, 1.807) is 11.3 Å². The fourth-order valence-corrected chi connectivity index (χ4v) is 3.63. The smallest absolute Gasteiger partial charge is 0.236 e. The molecule has 8 heteroatoms. The molecule has 0 unspecified atom stereocenters. The van der Waals surface area contributed by atoms with Gasteiger partial charge in [0.2, 0.25) is 17.7 Å².